The first kappa shape index (κ1) is 26.6. The van der Waals surface area contributed by atoms with Gasteiger partial charge in [0.25, 0.3) is 0 Å². The molecule has 4 nitrogen and oxygen atoms in total. The zero-order valence-corrected chi connectivity index (χ0v) is 22.7. The van der Waals surface area contributed by atoms with Gasteiger partial charge in [0.15, 0.2) is 0 Å². The highest BCUT2D eigenvalue weighted by atomic mass is 35.5. The summed E-state index contributed by atoms with van der Waals surface area (Å²) in [4.78, 5) is 0. The van der Waals surface area contributed by atoms with E-state index in [1.165, 1.54) is 0 Å². The summed E-state index contributed by atoms with van der Waals surface area (Å²) >= 11 is 8.32. The summed E-state index contributed by atoms with van der Waals surface area (Å²) in [6, 6.07) is 22.4. The van der Waals surface area contributed by atoms with Crippen LogP contribution < -0.4 is 9.47 Å². The Bertz CT molecular complexity index is 1470. The molecule has 0 radical (unpaired) electrons. The molecule has 0 aliphatic heterocycles. The zero-order chi connectivity index (χ0) is 26.2. The van der Waals surface area contributed by atoms with Crippen LogP contribution in [0.25, 0.3) is 21.2 Å². The smallest absolute Gasteiger partial charge is 0.119 e. The van der Waals surface area contributed by atoms with E-state index >= 15 is 0 Å². The van der Waals surface area contributed by atoms with Crippen LogP contribution in [0.4, 0.5) is 0 Å². The second-order valence-electron chi connectivity index (χ2n) is 8.57. The van der Waals surface area contributed by atoms with Crippen molar-refractivity contribution in [1.82, 2.24) is 0 Å². The lowest BCUT2D eigenvalue weighted by Gasteiger charge is -2.11. The summed E-state index contributed by atoms with van der Waals surface area (Å²) in [6.45, 7) is 5.36. The van der Waals surface area contributed by atoms with Gasteiger partial charge in [0.1, 0.15) is 29.0 Å². The van der Waals surface area contributed by atoms with Gasteiger partial charge in [0.05, 0.1) is 25.0 Å². The zero-order valence-electron chi connectivity index (χ0n) is 21.1. The van der Waals surface area contributed by atoms with Crippen LogP contribution >= 0.6 is 22.9 Å². The van der Waals surface area contributed by atoms with Gasteiger partial charge < -0.3 is 14.2 Å². The summed E-state index contributed by atoms with van der Waals surface area (Å²) in [6.07, 6.45) is 0.371. The Morgan fingerprint density at radius 3 is 2.46 bits per heavy atom. The van der Waals surface area contributed by atoms with Crippen molar-refractivity contribution in [3.8, 4) is 40.5 Å². The maximum atomic E-state index is 9.07. The van der Waals surface area contributed by atoms with Gasteiger partial charge in [0, 0.05) is 22.8 Å². The first-order valence-corrected chi connectivity index (χ1v) is 13.2. The van der Waals surface area contributed by atoms with E-state index in [2.05, 4.69) is 49.1 Å². The lowest BCUT2D eigenvalue weighted by atomic mass is 9.97. The van der Waals surface area contributed by atoms with Crippen LogP contribution in [-0.2, 0) is 11.3 Å². The van der Waals surface area contributed by atoms with E-state index in [4.69, 9.17) is 31.1 Å². The number of rotatable bonds is 10. The molecule has 1 atom stereocenters. The van der Waals surface area contributed by atoms with E-state index in [0.29, 0.717) is 26.2 Å². The normalized spacial score (nSPS) is 11.4. The lowest BCUT2D eigenvalue weighted by Crippen LogP contribution is -2.04. The van der Waals surface area contributed by atoms with Crippen molar-refractivity contribution in [2.45, 2.75) is 32.8 Å². The molecule has 0 N–H and O–H groups in total. The van der Waals surface area contributed by atoms with E-state index in [1.54, 1.807) is 25.4 Å². The molecule has 4 rings (SSSR count). The summed E-state index contributed by atoms with van der Waals surface area (Å²) in [5.74, 6) is 7.51. The van der Waals surface area contributed by atoms with E-state index in [-0.39, 0.29) is 5.92 Å². The van der Waals surface area contributed by atoms with E-state index < -0.39 is 0 Å². The van der Waals surface area contributed by atoms with Gasteiger partial charge in [-0.1, -0.05) is 41.8 Å². The molecule has 0 aliphatic carbocycles. The Morgan fingerprint density at radius 1 is 0.973 bits per heavy atom. The summed E-state index contributed by atoms with van der Waals surface area (Å²) in [5.41, 5.74) is 5.30. The fourth-order valence-electron chi connectivity index (χ4n) is 4.19. The SMILES string of the molecule is CC#C[C@@H](CC#N)c1ccc(OCc2ccc3sc(Cl)c(-c4ccc(OCCOC)cc4C)c3c2)cc1. The summed E-state index contributed by atoms with van der Waals surface area (Å²) in [5, 5.41) is 10.2. The average Bonchev–Trinajstić information content (AvgIpc) is 3.23. The number of benzene rings is 3. The predicted molar refractivity (Wildman–Crippen MR) is 152 cm³/mol. The van der Waals surface area contributed by atoms with Crippen molar-refractivity contribution in [2.75, 3.05) is 20.3 Å². The van der Waals surface area contributed by atoms with Crippen LogP contribution in [0.15, 0.2) is 60.7 Å². The molecule has 37 heavy (non-hydrogen) atoms. The third kappa shape index (κ3) is 6.45. The van der Waals surface area contributed by atoms with Crippen LogP contribution in [0.2, 0.25) is 4.34 Å². The van der Waals surface area contributed by atoms with Gasteiger partial charge in [0.2, 0.25) is 0 Å². The minimum absolute atomic E-state index is 0.0809. The Kier molecular flexibility index (Phi) is 9.09. The number of thiophene rings is 1. The third-order valence-corrected chi connectivity index (χ3v) is 7.41. The molecule has 0 saturated heterocycles. The molecular weight excluding hydrogens is 502 g/mol. The second kappa shape index (κ2) is 12.7. The molecule has 0 fully saturated rings. The number of nitriles is 1. The van der Waals surface area contributed by atoms with Crippen molar-refractivity contribution >= 4 is 33.0 Å². The fraction of sp³-hybridized carbons (Fsp3) is 0.258. The quantitative estimate of drug-likeness (QED) is 0.153. The number of methoxy groups -OCH3 is 1. The van der Waals surface area contributed by atoms with Crippen molar-refractivity contribution in [2.24, 2.45) is 0 Å². The van der Waals surface area contributed by atoms with Gasteiger partial charge in [-0.2, -0.15) is 5.26 Å². The van der Waals surface area contributed by atoms with Crippen LogP contribution in [0.5, 0.6) is 11.5 Å². The molecule has 0 unspecified atom stereocenters. The van der Waals surface area contributed by atoms with E-state index in [0.717, 1.165) is 53.7 Å². The molecular formula is C31H28ClNO3S. The number of aryl methyl sites for hydroxylation is 1. The summed E-state index contributed by atoms with van der Waals surface area (Å²) in [7, 11) is 1.66. The van der Waals surface area contributed by atoms with Crippen LogP contribution in [0, 0.1) is 30.1 Å². The maximum Gasteiger partial charge on any atom is 0.119 e. The van der Waals surface area contributed by atoms with Crippen LogP contribution in [0.1, 0.15) is 36.0 Å². The number of fused-ring (bicyclic) bond motifs is 1. The highest BCUT2D eigenvalue weighted by molar-refractivity contribution is 7.23. The van der Waals surface area contributed by atoms with Gasteiger partial charge in [-0.05, 0) is 72.5 Å². The van der Waals surface area contributed by atoms with Gasteiger partial charge in [-0.15, -0.1) is 17.3 Å². The largest absolute Gasteiger partial charge is 0.491 e. The molecule has 0 bridgehead atoms. The molecule has 1 aromatic heterocycles. The molecule has 3 aromatic carbocycles. The molecule has 4 aromatic rings. The first-order valence-electron chi connectivity index (χ1n) is 12.0. The van der Waals surface area contributed by atoms with E-state index in [9.17, 15) is 0 Å². The highest BCUT2D eigenvalue weighted by Crippen LogP contribution is 2.44. The van der Waals surface area contributed by atoms with Crippen molar-refractivity contribution < 1.29 is 14.2 Å². The Labute approximate surface area is 227 Å². The molecule has 6 heteroatoms. The van der Waals surface area contributed by atoms with Crippen molar-refractivity contribution in [1.29, 1.82) is 5.26 Å². The molecule has 188 valence electrons. The van der Waals surface area contributed by atoms with Crippen LogP contribution in [0.3, 0.4) is 0 Å². The Morgan fingerprint density at radius 2 is 1.76 bits per heavy atom. The van der Waals surface area contributed by atoms with Crippen molar-refractivity contribution in [3.63, 3.8) is 0 Å². The number of hydrogen-bond acceptors (Lipinski definition) is 5. The van der Waals surface area contributed by atoms with Crippen molar-refractivity contribution in [3.05, 3.63) is 81.7 Å². The number of halogens is 1. The van der Waals surface area contributed by atoms with Gasteiger partial charge in [-0.3, -0.25) is 0 Å². The fourth-order valence-corrected chi connectivity index (χ4v) is 5.56. The minimum Gasteiger partial charge on any atom is -0.491 e. The Balaban J connectivity index is 1.53. The minimum atomic E-state index is -0.0809. The van der Waals surface area contributed by atoms with Gasteiger partial charge in [-0.25, -0.2) is 0 Å². The lowest BCUT2D eigenvalue weighted by molar-refractivity contribution is 0.146. The number of nitrogens with zero attached hydrogens (tertiary/aromatic N) is 1. The number of hydrogen-bond donors (Lipinski definition) is 0. The second-order valence-corrected chi connectivity index (χ2v) is 10.2. The molecule has 0 saturated carbocycles. The highest BCUT2D eigenvalue weighted by Gasteiger charge is 2.16. The summed E-state index contributed by atoms with van der Waals surface area (Å²) < 4.78 is 18.8. The topological polar surface area (TPSA) is 51.5 Å². The molecule has 0 spiro atoms. The monoisotopic (exact) mass is 529 g/mol. The number of ether oxygens (including phenoxy) is 3. The van der Waals surface area contributed by atoms with E-state index in [1.807, 2.05) is 36.4 Å². The molecule has 0 aliphatic rings. The average molecular weight is 530 g/mol. The standard InChI is InChI=1S/C31H28ClNO3S/c1-4-5-23(14-15-33)24-7-9-25(10-8-24)36-20-22-6-13-29-28(19-22)30(31(32)37-29)27-12-11-26(18-21(27)2)35-17-16-34-3/h6-13,18-19,23H,14,16-17,20H2,1-3H3/t23-/m0/s1. The molecule has 1 heterocycles. The molecule has 0 amide bonds. The first-order chi connectivity index (χ1) is 18.0. The Hall–Kier alpha value is -3.48. The third-order valence-electron chi connectivity index (χ3n) is 6.03. The van der Waals surface area contributed by atoms with Crippen LogP contribution in [-0.4, -0.2) is 20.3 Å². The maximum absolute atomic E-state index is 9.07. The predicted octanol–water partition coefficient (Wildman–Crippen LogP) is 8.15. The van der Waals surface area contributed by atoms with Gasteiger partial charge >= 0.3 is 0 Å².